The molecule has 0 radical (unpaired) electrons. The Labute approximate surface area is 176 Å². The summed E-state index contributed by atoms with van der Waals surface area (Å²) in [5, 5.41) is 15.0. The highest BCUT2D eigenvalue weighted by molar-refractivity contribution is 6.03. The lowest BCUT2D eigenvalue weighted by molar-refractivity contribution is 0.102. The molecule has 2 N–H and O–H groups in total. The quantitative estimate of drug-likeness (QED) is 0.637. The van der Waals surface area contributed by atoms with Crippen LogP contribution >= 0.6 is 0 Å². The van der Waals surface area contributed by atoms with Crippen LogP contribution in [-0.2, 0) is 0 Å². The summed E-state index contributed by atoms with van der Waals surface area (Å²) in [5.74, 6) is -0.245. The van der Waals surface area contributed by atoms with Gasteiger partial charge in [0.05, 0.1) is 23.5 Å². The average molecular weight is 397 g/mol. The van der Waals surface area contributed by atoms with Gasteiger partial charge in [-0.25, -0.2) is 4.98 Å². The summed E-state index contributed by atoms with van der Waals surface area (Å²) in [6.45, 7) is 2.19. The zero-order valence-electron chi connectivity index (χ0n) is 16.6. The number of nitriles is 1. The summed E-state index contributed by atoms with van der Waals surface area (Å²) in [6.07, 6.45) is 5.40. The normalized spacial score (nSPS) is 13.4. The van der Waals surface area contributed by atoms with Gasteiger partial charge in [-0.15, -0.1) is 0 Å². The molecule has 1 fully saturated rings. The number of hydrogen-bond acceptors (Lipinski definition) is 5. The van der Waals surface area contributed by atoms with Crippen LogP contribution < -0.4 is 15.5 Å². The summed E-state index contributed by atoms with van der Waals surface area (Å²) in [7, 11) is 0. The molecule has 1 aliphatic heterocycles. The van der Waals surface area contributed by atoms with E-state index >= 15 is 0 Å². The van der Waals surface area contributed by atoms with Crippen LogP contribution in [-0.4, -0.2) is 24.0 Å². The molecular formula is C24H23N5O. The van der Waals surface area contributed by atoms with Crippen LogP contribution in [0.2, 0.25) is 0 Å². The Morgan fingerprint density at radius 3 is 2.17 bits per heavy atom. The van der Waals surface area contributed by atoms with Crippen molar-refractivity contribution >= 4 is 28.7 Å². The van der Waals surface area contributed by atoms with Crippen molar-refractivity contribution in [2.75, 3.05) is 28.6 Å². The molecule has 6 nitrogen and oxygen atoms in total. The first kappa shape index (κ1) is 19.5. The van der Waals surface area contributed by atoms with Crippen molar-refractivity contribution in [3.8, 4) is 6.07 Å². The number of piperidine rings is 1. The minimum Gasteiger partial charge on any atom is -0.372 e. The van der Waals surface area contributed by atoms with Gasteiger partial charge in [-0.05, 0) is 79.9 Å². The smallest absolute Gasteiger partial charge is 0.274 e. The molecule has 0 unspecified atom stereocenters. The number of aromatic nitrogens is 1. The maximum atomic E-state index is 12.5. The van der Waals surface area contributed by atoms with Crippen molar-refractivity contribution < 1.29 is 4.79 Å². The first-order chi connectivity index (χ1) is 14.7. The third-order valence-corrected chi connectivity index (χ3v) is 5.15. The van der Waals surface area contributed by atoms with Crippen LogP contribution in [0.15, 0.2) is 66.9 Å². The van der Waals surface area contributed by atoms with E-state index in [0.29, 0.717) is 11.3 Å². The summed E-state index contributed by atoms with van der Waals surface area (Å²) < 4.78 is 0. The highest BCUT2D eigenvalue weighted by Crippen LogP contribution is 2.22. The van der Waals surface area contributed by atoms with Crippen molar-refractivity contribution in [1.82, 2.24) is 4.98 Å². The molecule has 150 valence electrons. The monoisotopic (exact) mass is 397 g/mol. The number of rotatable bonds is 5. The van der Waals surface area contributed by atoms with Crippen LogP contribution in [0.25, 0.3) is 0 Å². The minimum absolute atomic E-state index is 0.245. The molecule has 1 aromatic heterocycles. The second-order valence-electron chi connectivity index (χ2n) is 7.29. The van der Waals surface area contributed by atoms with E-state index in [-0.39, 0.29) is 5.91 Å². The van der Waals surface area contributed by atoms with Gasteiger partial charge in [0.2, 0.25) is 0 Å². The highest BCUT2D eigenvalue weighted by Gasteiger charge is 2.12. The molecule has 2 heterocycles. The molecule has 0 spiro atoms. The minimum atomic E-state index is -0.245. The largest absolute Gasteiger partial charge is 0.372 e. The van der Waals surface area contributed by atoms with Crippen LogP contribution in [0.5, 0.6) is 0 Å². The number of pyridine rings is 1. The van der Waals surface area contributed by atoms with E-state index in [0.717, 1.165) is 30.2 Å². The number of carbonyl (C=O) groups excluding carboxylic acids is 1. The van der Waals surface area contributed by atoms with Gasteiger partial charge in [0.15, 0.2) is 0 Å². The lowest BCUT2D eigenvalue weighted by Crippen LogP contribution is -2.29. The van der Waals surface area contributed by atoms with E-state index in [9.17, 15) is 4.79 Å². The topological polar surface area (TPSA) is 81.0 Å². The second-order valence-corrected chi connectivity index (χ2v) is 7.29. The third-order valence-electron chi connectivity index (χ3n) is 5.15. The van der Waals surface area contributed by atoms with E-state index in [1.165, 1.54) is 24.9 Å². The zero-order valence-corrected chi connectivity index (χ0v) is 16.6. The fourth-order valence-corrected chi connectivity index (χ4v) is 3.50. The van der Waals surface area contributed by atoms with Crippen molar-refractivity contribution in [2.45, 2.75) is 19.3 Å². The SMILES string of the molecule is N#Cc1ccc(Nc2ccc(C(=O)Nc3ccc(N4CCCCC4)cc3)nc2)cc1. The average Bonchev–Trinajstić information content (AvgIpc) is 2.81. The van der Waals surface area contributed by atoms with E-state index in [2.05, 4.69) is 38.7 Å². The number of nitrogens with one attached hydrogen (secondary N) is 2. The maximum Gasteiger partial charge on any atom is 0.274 e. The fraction of sp³-hybridized carbons (Fsp3) is 0.208. The van der Waals surface area contributed by atoms with Crippen LogP contribution in [0.1, 0.15) is 35.3 Å². The third kappa shape index (κ3) is 4.76. The first-order valence-corrected chi connectivity index (χ1v) is 10.1. The number of hydrogen-bond donors (Lipinski definition) is 2. The zero-order chi connectivity index (χ0) is 20.8. The molecule has 1 saturated heterocycles. The van der Waals surface area contributed by atoms with Crippen LogP contribution in [0, 0.1) is 11.3 Å². The van der Waals surface area contributed by atoms with Crippen LogP contribution in [0.4, 0.5) is 22.7 Å². The molecule has 30 heavy (non-hydrogen) atoms. The number of anilines is 4. The maximum absolute atomic E-state index is 12.5. The standard InChI is InChI=1S/C24H23N5O/c25-16-18-4-6-19(7-5-18)27-21-10-13-23(26-17-21)24(30)28-20-8-11-22(12-9-20)29-14-2-1-3-15-29/h4-13,17,27H,1-3,14-15H2,(H,28,30). The molecule has 2 aromatic carbocycles. The van der Waals surface area contributed by atoms with Gasteiger partial charge in [-0.3, -0.25) is 4.79 Å². The Bertz CT molecular complexity index is 1030. The Morgan fingerprint density at radius 2 is 1.53 bits per heavy atom. The molecule has 0 bridgehead atoms. The second kappa shape index (κ2) is 9.10. The molecule has 3 aromatic rings. The van der Waals surface area contributed by atoms with E-state index < -0.39 is 0 Å². The molecule has 0 atom stereocenters. The molecule has 4 rings (SSSR count). The van der Waals surface area contributed by atoms with Crippen molar-refractivity contribution in [3.05, 3.63) is 78.1 Å². The van der Waals surface area contributed by atoms with Gasteiger partial charge >= 0.3 is 0 Å². The number of amides is 1. The van der Waals surface area contributed by atoms with Gasteiger partial charge in [0.25, 0.3) is 5.91 Å². The van der Waals surface area contributed by atoms with E-state index in [1.807, 2.05) is 24.3 Å². The molecule has 1 amide bonds. The Kier molecular flexibility index (Phi) is 5.90. The van der Waals surface area contributed by atoms with E-state index in [1.54, 1.807) is 30.5 Å². The van der Waals surface area contributed by atoms with Crippen molar-refractivity contribution in [1.29, 1.82) is 5.26 Å². The van der Waals surface area contributed by atoms with Crippen molar-refractivity contribution in [2.24, 2.45) is 0 Å². The fourth-order valence-electron chi connectivity index (χ4n) is 3.50. The Balaban J connectivity index is 1.35. The van der Waals surface area contributed by atoms with Gasteiger partial charge < -0.3 is 15.5 Å². The molecule has 0 aliphatic carbocycles. The van der Waals surface area contributed by atoms with Crippen LogP contribution in [0.3, 0.4) is 0 Å². The van der Waals surface area contributed by atoms with Gasteiger partial charge in [0.1, 0.15) is 5.69 Å². The summed E-state index contributed by atoms with van der Waals surface area (Å²) >= 11 is 0. The Hall–Kier alpha value is -3.85. The molecular weight excluding hydrogens is 374 g/mol. The molecule has 1 aliphatic rings. The lowest BCUT2D eigenvalue weighted by Gasteiger charge is -2.28. The number of carbonyl (C=O) groups is 1. The molecule has 6 heteroatoms. The Morgan fingerprint density at radius 1 is 0.867 bits per heavy atom. The summed E-state index contributed by atoms with van der Waals surface area (Å²) in [5.41, 5.74) is 4.52. The predicted molar refractivity (Wildman–Crippen MR) is 119 cm³/mol. The van der Waals surface area contributed by atoms with Gasteiger partial charge in [-0.2, -0.15) is 5.26 Å². The van der Waals surface area contributed by atoms with E-state index in [4.69, 9.17) is 5.26 Å². The predicted octanol–water partition coefficient (Wildman–Crippen LogP) is 4.94. The number of benzene rings is 2. The molecule has 0 saturated carbocycles. The highest BCUT2D eigenvalue weighted by atomic mass is 16.1. The summed E-state index contributed by atoms with van der Waals surface area (Å²) in [6, 6.07) is 20.7. The van der Waals surface area contributed by atoms with Gasteiger partial charge in [0, 0.05) is 30.2 Å². The lowest BCUT2D eigenvalue weighted by atomic mass is 10.1. The number of nitrogens with zero attached hydrogens (tertiary/aromatic N) is 3. The first-order valence-electron chi connectivity index (χ1n) is 10.1. The summed E-state index contributed by atoms with van der Waals surface area (Å²) in [4.78, 5) is 19.2. The van der Waals surface area contributed by atoms with Gasteiger partial charge in [-0.1, -0.05) is 0 Å². The van der Waals surface area contributed by atoms with Crippen molar-refractivity contribution in [3.63, 3.8) is 0 Å².